The van der Waals surface area contributed by atoms with E-state index < -0.39 is 0 Å². The van der Waals surface area contributed by atoms with Crippen LogP contribution in [0.2, 0.25) is 0 Å². The van der Waals surface area contributed by atoms with Gasteiger partial charge in [-0.1, -0.05) is 13.8 Å². The summed E-state index contributed by atoms with van der Waals surface area (Å²) in [6.45, 7) is 12.9. The van der Waals surface area contributed by atoms with E-state index in [0.717, 1.165) is 68.7 Å². The van der Waals surface area contributed by atoms with Crippen LogP contribution in [0.4, 0.5) is 5.69 Å². The number of hydrogen-bond donors (Lipinski definition) is 2. The molecular formula is C20H35IN4O2. The number of aliphatic imine (C=N–C) groups is 1. The van der Waals surface area contributed by atoms with Crippen LogP contribution in [0.1, 0.15) is 40.0 Å². The lowest BCUT2D eigenvalue weighted by Crippen LogP contribution is -2.30. The first-order chi connectivity index (χ1) is 12.8. The second-order valence-electron chi connectivity index (χ2n) is 6.33. The van der Waals surface area contributed by atoms with Gasteiger partial charge in [0.1, 0.15) is 0 Å². The molecule has 0 fully saturated rings. The molecule has 0 unspecified atom stereocenters. The molecule has 1 aromatic rings. The Hall–Kier alpha value is -1.22. The number of rotatable bonds is 9. The molecule has 7 heteroatoms. The zero-order valence-corrected chi connectivity index (χ0v) is 19.3. The van der Waals surface area contributed by atoms with E-state index in [1.54, 1.807) is 0 Å². The number of unbranched alkanes of at least 4 members (excludes halogenated alkanes) is 1. The number of nitrogens with zero attached hydrogens (tertiary/aromatic N) is 2. The fourth-order valence-corrected chi connectivity index (χ4v) is 2.86. The Bertz CT molecular complexity index is 565. The van der Waals surface area contributed by atoms with Crippen molar-refractivity contribution in [2.75, 3.05) is 51.3 Å². The Morgan fingerprint density at radius 2 is 1.81 bits per heavy atom. The zero-order valence-electron chi connectivity index (χ0n) is 16.9. The molecule has 0 saturated heterocycles. The molecule has 1 aromatic carbocycles. The number of halogens is 1. The van der Waals surface area contributed by atoms with E-state index in [1.165, 1.54) is 6.42 Å². The van der Waals surface area contributed by atoms with Gasteiger partial charge in [-0.2, -0.15) is 0 Å². The molecule has 1 aliphatic rings. The summed E-state index contributed by atoms with van der Waals surface area (Å²) in [4.78, 5) is 7.14. The van der Waals surface area contributed by atoms with Gasteiger partial charge in [0.15, 0.2) is 17.5 Å². The van der Waals surface area contributed by atoms with E-state index in [2.05, 4.69) is 36.3 Å². The average Bonchev–Trinajstić information content (AvgIpc) is 2.89. The molecule has 0 aromatic heterocycles. The molecule has 1 heterocycles. The van der Waals surface area contributed by atoms with Crippen molar-refractivity contribution < 1.29 is 9.47 Å². The Kier molecular flexibility index (Phi) is 12.2. The van der Waals surface area contributed by atoms with E-state index in [4.69, 9.17) is 14.5 Å². The Morgan fingerprint density at radius 3 is 2.52 bits per heavy atom. The minimum absolute atomic E-state index is 0. The van der Waals surface area contributed by atoms with Gasteiger partial charge >= 0.3 is 0 Å². The van der Waals surface area contributed by atoms with Crippen LogP contribution in [0.5, 0.6) is 11.5 Å². The summed E-state index contributed by atoms with van der Waals surface area (Å²) in [5.74, 6) is 2.42. The maximum Gasteiger partial charge on any atom is 0.195 e. The van der Waals surface area contributed by atoms with Crippen molar-refractivity contribution in [2.45, 2.75) is 40.0 Å². The molecule has 27 heavy (non-hydrogen) atoms. The fraction of sp³-hybridized carbons (Fsp3) is 0.650. The predicted octanol–water partition coefficient (Wildman–Crippen LogP) is 3.97. The van der Waals surface area contributed by atoms with Gasteiger partial charge in [0, 0.05) is 31.3 Å². The third-order valence-electron chi connectivity index (χ3n) is 4.40. The highest BCUT2D eigenvalue weighted by Gasteiger charge is 2.11. The number of nitrogens with one attached hydrogen (secondary N) is 2. The first-order valence-corrected chi connectivity index (χ1v) is 9.94. The van der Waals surface area contributed by atoms with Crippen molar-refractivity contribution in [1.82, 2.24) is 10.2 Å². The molecule has 0 radical (unpaired) electrons. The minimum Gasteiger partial charge on any atom is -0.490 e. The molecule has 2 N–H and O–H groups in total. The van der Waals surface area contributed by atoms with Crippen molar-refractivity contribution in [3.8, 4) is 11.5 Å². The first-order valence-electron chi connectivity index (χ1n) is 9.94. The summed E-state index contributed by atoms with van der Waals surface area (Å²) in [6.07, 6.45) is 3.18. The zero-order chi connectivity index (χ0) is 18.6. The van der Waals surface area contributed by atoms with E-state index in [1.807, 2.05) is 18.2 Å². The predicted molar refractivity (Wildman–Crippen MR) is 124 cm³/mol. The molecule has 154 valence electrons. The molecule has 2 rings (SSSR count). The van der Waals surface area contributed by atoms with Gasteiger partial charge in [0.2, 0.25) is 0 Å². The van der Waals surface area contributed by atoms with Crippen molar-refractivity contribution in [3.05, 3.63) is 18.2 Å². The molecule has 1 aliphatic heterocycles. The second kappa shape index (κ2) is 13.9. The lowest BCUT2D eigenvalue weighted by molar-refractivity contribution is 0.297. The summed E-state index contributed by atoms with van der Waals surface area (Å²) in [5, 5.41) is 6.67. The highest BCUT2D eigenvalue weighted by molar-refractivity contribution is 14.0. The van der Waals surface area contributed by atoms with Crippen LogP contribution in [-0.2, 0) is 0 Å². The van der Waals surface area contributed by atoms with Gasteiger partial charge in [0.05, 0.1) is 13.2 Å². The van der Waals surface area contributed by atoms with Crippen LogP contribution < -0.4 is 20.1 Å². The standard InChI is InChI=1S/C20H34N4O2.HI/c1-4-21-20(22-12-7-8-13-24(5-2)6-3)23-17-10-11-18-19(16-17)26-15-9-14-25-18;/h10-11,16H,4-9,12-15H2,1-3H3,(H2,21,22,23);1H. The van der Waals surface area contributed by atoms with Gasteiger partial charge in [-0.05, 0) is 51.5 Å². The van der Waals surface area contributed by atoms with Gasteiger partial charge in [-0.25, -0.2) is 0 Å². The average molecular weight is 490 g/mol. The van der Waals surface area contributed by atoms with Gasteiger partial charge in [-0.3, -0.25) is 4.99 Å². The van der Waals surface area contributed by atoms with Crippen LogP contribution in [0, 0.1) is 0 Å². The van der Waals surface area contributed by atoms with E-state index in [9.17, 15) is 0 Å². The number of anilines is 1. The van der Waals surface area contributed by atoms with Crippen molar-refractivity contribution in [2.24, 2.45) is 4.99 Å². The van der Waals surface area contributed by atoms with Crippen molar-refractivity contribution in [3.63, 3.8) is 0 Å². The SMILES string of the molecule is CCNC(=NCCCCN(CC)CC)Nc1ccc2c(c1)OCCCO2.I. The highest BCUT2D eigenvalue weighted by Crippen LogP contribution is 2.32. The smallest absolute Gasteiger partial charge is 0.195 e. The number of fused-ring (bicyclic) bond motifs is 1. The summed E-state index contributed by atoms with van der Waals surface area (Å²) >= 11 is 0. The first kappa shape index (κ1) is 23.8. The van der Waals surface area contributed by atoms with Crippen molar-refractivity contribution in [1.29, 1.82) is 0 Å². The lowest BCUT2D eigenvalue weighted by atomic mass is 10.2. The molecule has 0 amide bonds. The maximum absolute atomic E-state index is 5.76. The van der Waals surface area contributed by atoms with Crippen LogP contribution in [-0.4, -0.2) is 56.8 Å². The third kappa shape index (κ3) is 8.55. The summed E-state index contributed by atoms with van der Waals surface area (Å²) < 4.78 is 11.4. The van der Waals surface area contributed by atoms with E-state index in [-0.39, 0.29) is 24.0 Å². The Balaban J connectivity index is 0.00000364. The Labute approximate surface area is 181 Å². The molecule has 0 saturated carbocycles. The van der Waals surface area contributed by atoms with Crippen LogP contribution >= 0.6 is 24.0 Å². The van der Waals surface area contributed by atoms with Gasteiger partial charge in [-0.15, -0.1) is 24.0 Å². The molecule has 0 spiro atoms. The molecule has 0 aliphatic carbocycles. The topological polar surface area (TPSA) is 58.1 Å². The van der Waals surface area contributed by atoms with Crippen molar-refractivity contribution >= 4 is 35.6 Å². The summed E-state index contributed by atoms with van der Waals surface area (Å²) in [7, 11) is 0. The summed E-state index contributed by atoms with van der Waals surface area (Å²) in [6, 6.07) is 5.94. The molecule has 6 nitrogen and oxygen atoms in total. The number of ether oxygens (including phenoxy) is 2. The monoisotopic (exact) mass is 490 g/mol. The normalized spacial score (nSPS) is 13.7. The van der Waals surface area contributed by atoms with Crippen LogP contribution in [0.15, 0.2) is 23.2 Å². The lowest BCUT2D eigenvalue weighted by Gasteiger charge is -2.17. The number of benzene rings is 1. The van der Waals surface area contributed by atoms with Crippen LogP contribution in [0.25, 0.3) is 0 Å². The molecule has 0 atom stereocenters. The number of guanidine groups is 1. The minimum atomic E-state index is 0. The highest BCUT2D eigenvalue weighted by atomic mass is 127. The molecular weight excluding hydrogens is 455 g/mol. The quantitative estimate of drug-likeness (QED) is 0.238. The summed E-state index contributed by atoms with van der Waals surface area (Å²) in [5.41, 5.74) is 0.956. The third-order valence-corrected chi connectivity index (χ3v) is 4.40. The van der Waals surface area contributed by atoms with Gasteiger partial charge < -0.3 is 25.0 Å². The van der Waals surface area contributed by atoms with Crippen LogP contribution in [0.3, 0.4) is 0 Å². The van der Waals surface area contributed by atoms with Gasteiger partial charge in [0.25, 0.3) is 0 Å². The fourth-order valence-electron chi connectivity index (χ4n) is 2.86. The second-order valence-corrected chi connectivity index (χ2v) is 6.33. The van der Waals surface area contributed by atoms with E-state index >= 15 is 0 Å². The number of hydrogen-bond acceptors (Lipinski definition) is 4. The molecule has 0 bridgehead atoms. The Morgan fingerprint density at radius 1 is 1.07 bits per heavy atom. The van der Waals surface area contributed by atoms with E-state index in [0.29, 0.717) is 13.2 Å². The maximum atomic E-state index is 5.76. The largest absolute Gasteiger partial charge is 0.490 e.